The number of nitrogen functional groups attached to an aromatic ring is 1. The Balaban J connectivity index is 1.12. The zero-order valence-corrected chi connectivity index (χ0v) is 48.9. The minimum absolute atomic E-state index is 0.00517. The number of carbonyl (C=O) groups is 7. The maximum atomic E-state index is 13.7. The topological polar surface area (TPSA) is 519 Å². The van der Waals surface area contributed by atoms with Crippen molar-refractivity contribution in [3.63, 3.8) is 0 Å². The number of amides is 4. The summed E-state index contributed by atoms with van der Waals surface area (Å²) in [6.07, 6.45) is -0.938. The first-order valence-electron chi connectivity index (χ1n) is 25.0. The van der Waals surface area contributed by atoms with Crippen LogP contribution in [0.5, 0.6) is 0 Å². The van der Waals surface area contributed by atoms with Gasteiger partial charge < -0.3 is 81.4 Å². The summed E-state index contributed by atoms with van der Waals surface area (Å²) in [5.41, 5.74) is 6.64. The van der Waals surface area contributed by atoms with E-state index in [1.54, 1.807) is 11.8 Å². The molecular formula is C43H65N10O23P3S3. The van der Waals surface area contributed by atoms with Crippen LogP contribution < -0.4 is 37.6 Å². The van der Waals surface area contributed by atoms with E-state index < -0.39 is 126 Å². The van der Waals surface area contributed by atoms with Gasteiger partial charge in [-0.3, -0.25) is 43.9 Å². The third kappa shape index (κ3) is 22.2. The van der Waals surface area contributed by atoms with Gasteiger partial charge in [0.2, 0.25) is 23.6 Å². The summed E-state index contributed by atoms with van der Waals surface area (Å²) in [5, 5.41) is 65.0. The largest absolute Gasteiger partial charge is 0.490 e. The first-order chi connectivity index (χ1) is 38.3. The van der Waals surface area contributed by atoms with E-state index in [1.165, 1.54) is 32.4 Å². The van der Waals surface area contributed by atoms with E-state index in [0.717, 1.165) is 24.9 Å². The quantitative estimate of drug-likeness (QED) is 0.0186. The third-order valence-corrected chi connectivity index (χ3v) is 20.9. The Kier molecular flexibility index (Phi) is 25.5. The van der Waals surface area contributed by atoms with Crippen molar-refractivity contribution in [3.8, 4) is 11.8 Å². The van der Waals surface area contributed by atoms with Crippen LogP contribution >= 0.6 is 56.8 Å². The van der Waals surface area contributed by atoms with Crippen LogP contribution in [-0.2, 0) is 65.1 Å². The molecule has 0 aliphatic carbocycles. The second-order valence-corrected chi connectivity index (χ2v) is 28.2. The number of carboxylic acid groups (broad SMARTS) is 3. The molecule has 12 atom stereocenters. The molecule has 5 rings (SSSR count). The molecular weight excluding hydrogens is 1210 g/mol. The monoisotopic (exact) mass is 1280 g/mol. The predicted octanol–water partition coefficient (Wildman–Crippen LogP) is -0.437. The Labute approximate surface area is 479 Å². The van der Waals surface area contributed by atoms with Crippen LogP contribution in [0.3, 0.4) is 0 Å². The van der Waals surface area contributed by atoms with Gasteiger partial charge >= 0.3 is 41.4 Å². The first kappa shape index (κ1) is 68.3. The van der Waals surface area contributed by atoms with Crippen LogP contribution in [0, 0.1) is 11.8 Å². The molecule has 3 aliphatic heterocycles. The normalized spacial score (nSPS) is 23.2. The number of nitrogens with one attached hydrogen (secondary N) is 6. The van der Waals surface area contributed by atoms with E-state index in [-0.39, 0.29) is 84.3 Å². The fourth-order valence-electron chi connectivity index (χ4n) is 8.65. The highest BCUT2D eigenvalue weighted by Gasteiger charge is 2.44. The van der Waals surface area contributed by atoms with E-state index >= 15 is 0 Å². The first-order valence-corrected chi connectivity index (χ1v) is 32.9. The SMILES string of the molecule is CC(C)(CC(=O)NCC#Cc1cn(C2CC(O)C(COP(=O)(O)OP(=O)(O)OP(=O)(O)O)O2)c2ncnc(N)c12)SSCCCC(NC(=O)CCCCC[C@@H]1SC[C@@H]2NC(O)N[C@@H]21)C(=O)NC(CC(=O)O)C(=O)NC(CC(=O)O)C(=O)O. The van der Waals surface area contributed by atoms with Crippen molar-refractivity contribution in [1.29, 1.82) is 0 Å². The molecule has 2 aromatic heterocycles. The van der Waals surface area contributed by atoms with E-state index in [2.05, 4.69) is 61.5 Å². The molecule has 33 nitrogen and oxygen atoms in total. The Bertz CT molecular complexity index is 2860. The number of hydrogen-bond acceptors (Lipinski definition) is 24. The molecule has 3 saturated heterocycles. The highest BCUT2D eigenvalue weighted by Crippen LogP contribution is 2.66. The van der Waals surface area contributed by atoms with Crippen LogP contribution in [0.15, 0.2) is 12.5 Å². The molecule has 2 aromatic rings. The molecule has 0 spiro atoms. The van der Waals surface area contributed by atoms with Gasteiger partial charge in [0.05, 0.1) is 43.0 Å². The van der Waals surface area contributed by atoms with Gasteiger partial charge in [-0.1, -0.05) is 46.3 Å². The number of ether oxygens (including phenoxy) is 1. The minimum Gasteiger partial charge on any atom is -0.481 e. The van der Waals surface area contributed by atoms with E-state index in [9.17, 15) is 77.5 Å². The highest BCUT2D eigenvalue weighted by molar-refractivity contribution is 8.77. The molecule has 458 valence electrons. The number of phosphoric ester groups is 1. The van der Waals surface area contributed by atoms with Gasteiger partial charge in [-0.25, -0.2) is 28.5 Å². The second kappa shape index (κ2) is 30.6. The maximum Gasteiger partial charge on any atom is 0.490 e. The Morgan fingerprint density at radius 3 is 2.27 bits per heavy atom. The number of phosphoric acid groups is 3. The Hall–Kier alpha value is -4.47. The molecule has 0 bridgehead atoms. The zero-order chi connectivity index (χ0) is 60.7. The van der Waals surface area contributed by atoms with E-state index in [0.29, 0.717) is 18.6 Å². The van der Waals surface area contributed by atoms with Gasteiger partial charge in [0.25, 0.3) is 0 Å². The number of hydrogen-bond donors (Lipinski definition) is 16. The van der Waals surface area contributed by atoms with Gasteiger partial charge in [-0.05, 0) is 39.5 Å². The van der Waals surface area contributed by atoms with Crippen molar-refractivity contribution >= 4 is 115 Å². The zero-order valence-electron chi connectivity index (χ0n) is 43.8. The van der Waals surface area contributed by atoms with Crippen LogP contribution in [-0.4, -0.2) is 185 Å². The van der Waals surface area contributed by atoms with E-state index in [4.69, 9.17) is 25.4 Å². The van der Waals surface area contributed by atoms with Gasteiger partial charge in [0, 0.05) is 59.0 Å². The van der Waals surface area contributed by atoms with Gasteiger partial charge in [0.15, 0.2) is 6.35 Å². The number of aliphatic carboxylic acids is 3. The third-order valence-electron chi connectivity index (χ3n) is 12.3. The minimum atomic E-state index is -5.80. The number of aliphatic hydroxyl groups excluding tert-OH is 2. The summed E-state index contributed by atoms with van der Waals surface area (Å²) in [7, 11) is -14.2. The summed E-state index contributed by atoms with van der Waals surface area (Å²) in [4.78, 5) is 133. The van der Waals surface area contributed by atoms with Crippen molar-refractivity contribution in [1.82, 2.24) is 46.4 Å². The summed E-state index contributed by atoms with van der Waals surface area (Å²) in [6.45, 7) is 2.57. The number of aromatic nitrogens is 3. The molecule has 39 heteroatoms. The van der Waals surface area contributed by atoms with Crippen molar-refractivity contribution in [3.05, 3.63) is 18.1 Å². The number of unbranched alkanes of at least 4 members (excludes halogenated alkanes) is 2. The number of nitrogens with zero attached hydrogens (tertiary/aromatic N) is 3. The van der Waals surface area contributed by atoms with Crippen LogP contribution in [0.1, 0.15) is 96.3 Å². The molecule has 3 aliphatic rings. The molecule has 82 heavy (non-hydrogen) atoms. The predicted molar refractivity (Wildman–Crippen MR) is 291 cm³/mol. The van der Waals surface area contributed by atoms with Crippen LogP contribution in [0.25, 0.3) is 11.0 Å². The Morgan fingerprint density at radius 2 is 1.59 bits per heavy atom. The average Bonchev–Trinajstić information content (AvgIpc) is 4.33. The van der Waals surface area contributed by atoms with Gasteiger partial charge in [-0.2, -0.15) is 20.4 Å². The number of thioether (sulfide) groups is 1. The number of fused-ring (bicyclic) bond motifs is 2. The molecule has 4 amide bonds. The van der Waals surface area contributed by atoms with Crippen LogP contribution in [0.4, 0.5) is 5.82 Å². The lowest BCUT2D eigenvalue weighted by molar-refractivity contribution is -0.148. The second-order valence-electron chi connectivity index (χ2n) is 19.4. The van der Waals surface area contributed by atoms with Crippen molar-refractivity contribution < 1.29 is 110 Å². The lowest BCUT2D eigenvalue weighted by atomic mass is 10.0. The Morgan fingerprint density at radius 1 is 0.902 bits per heavy atom. The highest BCUT2D eigenvalue weighted by atomic mass is 33.1. The molecule has 3 fully saturated rings. The summed E-state index contributed by atoms with van der Waals surface area (Å²) in [6, 6.07) is -4.77. The molecule has 17 N–H and O–H groups in total. The van der Waals surface area contributed by atoms with Crippen molar-refractivity contribution in [2.75, 3.05) is 30.4 Å². The smallest absolute Gasteiger partial charge is 0.481 e. The summed E-state index contributed by atoms with van der Waals surface area (Å²) >= 11 is 1.80. The van der Waals surface area contributed by atoms with E-state index in [1.807, 2.05) is 19.2 Å². The van der Waals surface area contributed by atoms with Gasteiger partial charge in [-0.15, -0.1) is 0 Å². The molecule has 0 aromatic carbocycles. The summed E-state index contributed by atoms with van der Waals surface area (Å²) < 4.78 is 53.5. The number of carbonyl (C=O) groups excluding carboxylic acids is 4. The fourth-order valence-corrected chi connectivity index (χ4v) is 15.9. The van der Waals surface area contributed by atoms with Crippen molar-refractivity contribution in [2.24, 2.45) is 0 Å². The standard InChI is InChI=1S/C43H65N10O23P3S3/c1-43(2,17-31(56)45-12-6-8-22-18-53(38-35(22)37(44)46-21-47-38)32-16-27(54)28(74-32)19-73-78(69,70)76-79(71,72)75-77(66,67)68)82-81-13-7-9-23(39(61)49-24(14-33(57)58)40(62)50-25(41(63)64)15-34(59)60)48-30(55)11-5-3-4-10-29-36-26(20-80-29)51-42(65)52-36/h18,21,23-29,32,36,42,51-52,54,65H,3-5,7,9-17,19-20H2,1-2H3,(H,45,56)(H,48,55)(H,49,61)(H,50,62)(H,57,58)(H,59,60)(H,63,64)(H,69,70)(H,71,72)(H2,44,46,47)(H2,66,67,68)/t23?,24?,25?,26-,27?,28?,29-,32?,36-,42?/m0/s1. The van der Waals surface area contributed by atoms with Crippen molar-refractivity contribution in [2.45, 2.75) is 149 Å². The molecule has 0 saturated carbocycles. The lowest BCUT2D eigenvalue weighted by Gasteiger charge is -2.24. The number of nitrogens with two attached hydrogens (primary N) is 1. The molecule has 0 radical (unpaired) electrons. The number of rotatable bonds is 33. The molecule has 5 heterocycles. The summed E-state index contributed by atoms with van der Waals surface area (Å²) in [5.74, 6) is -0.934. The average molecular weight is 1280 g/mol. The number of carboxylic acids is 3. The number of anilines is 1. The fraction of sp³-hybridized carbons (Fsp3) is 0.651. The molecule has 9 unspecified atom stereocenters. The number of aliphatic hydroxyl groups is 2. The lowest BCUT2D eigenvalue weighted by Crippen LogP contribution is -2.56. The van der Waals surface area contributed by atoms with Gasteiger partial charge in [0.1, 0.15) is 48.2 Å². The van der Waals surface area contributed by atoms with Crippen LogP contribution in [0.2, 0.25) is 0 Å². The maximum absolute atomic E-state index is 13.7.